The van der Waals surface area contributed by atoms with Gasteiger partial charge in [-0.2, -0.15) is 0 Å². The lowest BCUT2D eigenvalue weighted by Gasteiger charge is -2.15. The Hall–Kier alpha value is -2.83. The predicted octanol–water partition coefficient (Wildman–Crippen LogP) is 2.47. The molecule has 0 spiro atoms. The molecule has 0 bridgehead atoms. The molecule has 126 valence electrons. The van der Waals surface area contributed by atoms with E-state index in [4.69, 9.17) is 9.47 Å². The number of hydrogen-bond acceptors (Lipinski definition) is 6. The summed E-state index contributed by atoms with van der Waals surface area (Å²) in [6, 6.07) is 7.08. The molecule has 0 aliphatic carbocycles. The Morgan fingerprint density at radius 1 is 1.12 bits per heavy atom. The van der Waals surface area contributed by atoms with Crippen molar-refractivity contribution < 1.29 is 14.3 Å². The number of carbonyl (C=O) groups excluding carboxylic acids is 1. The highest BCUT2D eigenvalue weighted by atomic mass is 16.5. The van der Waals surface area contributed by atoms with Crippen LogP contribution in [0.3, 0.4) is 0 Å². The van der Waals surface area contributed by atoms with Gasteiger partial charge in [-0.05, 0) is 25.0 Å². The lowest BCUT2D eigenvalue weighted by atomic mass is 10.2. The zero-order chi connectivity index (χ0) is 16.9. The zero-order valence-electron chi connectivity index (χ0n) is 13.8. The van der Waals surface area contributed by atoms with Gasteiger partial charge >= 0.3 is 0 Å². The van der Waals surface area contributed by atoms with Crippen molar-refractivity contribution in [2.45, 2.75) is 12.8 Å². The second-order valence-corrected chi connectivity index (χ2v) is 5.48. The summed E-state index contributed by atoms with van der Waals surface area (Å²) < 4.78 is 10.6. The van der Waals surface area contributed by atoms with E-state index in [0.717, 1.165) is 25.9 Å². The van der Waals surface area contributed by atoms with Gasteiger partial charge in [0.1, 0.15) is 29.3 Å². The minimum atomic E-state index is -0.0597. The van der Waals surface area contributed by atoms with Gasteiger partial charge in [0.25, 0.3) is 5.91 Å². The molecule has 2 heterocycles. The number of aromatic nitrogens is 2. The van der Waals surface area contributed by atoms with Crippen molar-refractivity contribution in [2.24, 2.45) is 0 Å². The Kier molecular flexibility index (Phi) is 4.79. The molecule has 0 atom stereocenters. The number of anilines is 2. The van der Waals surface area contributed by atoms with E-state index in [1.165, 1.54) is 6.33 Å². The normalized spacial score (nSPS) is 13.7. The van der Waals surface area contributed by atoms with Crippen LogP contribution in [0.1, 0.15) is 23.3 Å². The van der Waals surface area contributed by atoms with Gasteiger partial charge in [-0.1, -0.05) is 0 Å². The lowest BCUT2D eigenvalue weighted by molar-refractivity contribution is 0.0787. The molecule has 1 aromatic heterocycles. The van der Waals surface area contributed by atoms with Gasteiger partial charge in [0.15, 0.2) is 0 Å². The number of likely N-dealkylation sites (tertiary alicyclic amines) is 1. The third-order valence-electron chi connectivity index (χ3n) is 3.95. The summed E-state index contributed by atoms with van der Waals surface area (Å²) in [7, 11) is 3.19. The van der Waals surface area contributed by atoms with Crippen molar-refractivity contribution in [2.75, 3.05) is 32.6 Å². The summed E-state index contributed by atoms with van der Waals surface area (Å²) >= 11 is 0. The van der Waals surface area contributed by atoms with Crippen molar-refractivity contribution in [3.63, 3.8) is 0 Å². The van der Waals surface area contributed by atoms with Gasteiger partial charge in [0.2, 0.25) is 0 Å². The number of ether oxygens (including phenoxy) is 2. The maximum Gasteiger partial charge on any atom is 0.272 e. The van der Waals surface area contributed by atoms with E-state index in [1.54, 1.807) is 26.4 Å². The molecule has 0 radical (unpaired) electrons. The molecule has 1 fully saturated rings. The largest absolute Gasteiger partial charge is 0.497 e. The fraction of sp³-hybridized carbons (Fsp3) is 0.353. The molecule has 2 aromatic rings. The number of carbonyl (C=O) groups is 1. The highest BCUT2D eigenvalue weighted by Gasteiger charge is 2.21. The first kappa shape index (κ1) is 16.0. The Morgan fingerprint density at radius 3 is 2.62 bits per heavy atom. The quantitative estimate of drug-likeness (QED) is 0.908. The van der Waals surface area contributed by atoms with Gasteiger partial charge in [-0.15, -0.1) is 0 Å². The minimum Gasteiger partial charge on any atom is -0.497 e. The van der Waals surface area contributed by atoms with Crippen molar-refractivity contribution in [3.8, 4) is 11.5 Å². The summed E-state index contributed by atoms with van der Waals surface area (Å²) in [6.45, 7) is 1.57. The third-order valence-corrected chi connectivity index (χ3v) is 3.95. The highest BCUT2D eigenvalue weighted by Crippen LogP contribution is 2.31. The SMILES string of the molecule is COc1ccc(OC)c(Nc2cc(C(=O)N3CCCC3)ncn2)c1. The molecule has 1 N–H and O–H groups in total. The molecule has 1 aliphatic heterocycles. The van der Waals surface area contributed by atoms with E-state index in [9.17, 15) is 4.79 Å². The smallest absolute Gasteiger partial charge is 0.272 e. The van der Waals surface area contributed by atoms with E-state index in [0.29, 0.717) is 28.7 Å². The van der Waals surface area contributed by atoms with Gasteiger partial charge in [-0.25, -0.2) is 9.97 Å². The molecular formula is C17H20N4O3. The summed E-state index contributed by atoms with van der Waals surface area (Å²) in [5, 5.41) is 3.16. The summed E-state index contributed by atoms with van der Waals surface area (Å²) in [6.07, 6.45) is 3.48. The van der Waals surface area contributed by atoms with E-state index in [-0.39, 0.29) is 5.91 Å². The van der Waals surface area contributed by atoms with Crippen LogP contribution >= 0.6 is 0 Å². The predicted molar refractivity (Wildman–Crippen MR) is 90.0 cm³/mol. The van der Waals surface area contributed by atoms with E-state index >= 15 is 0 Å². The number of rotatable bonds is 5. The maximum absolute atomic E-state index is 12.4. The third kappa shape index (κ3) is 3.40. The first-order chi connectivity index (χ1) is 11.7. The van der Waals surface area contributed by atoms with E-state index < -0.39 is 0 Å². The Bertz CT molecular complexity index is 730. The summed E-state index contributed by atoms with van der Waals surface area (Å²) in [4.78, 5) is 22.5. The van der Waals surface area contributed by atoms with E-state index in [2.05, 4.69) is 15.3 Å². The van der Waals surface area contributed by atoms with Crippen LogP contribution in [0.4, 0.5) is 11.5 Å². The van der Waals surface area contributed by atoms with Crippen molar-refractivity contribution >= 4 is 17.4 Å². The molecule has 3 rings (SSSR count). The molecule has 0 saturated carbocycles. The van der Waals surface area contributed by atoms with Crippen LogP contribution in [0, 0.1) is 0 Å². The standard InChI is InChI=1S/C17H20N4O3/c1-23-12-5-6-15(24-2)13(9-12)20-16-10-14(18-11-19-16)17(22)21-7-3-4-8-21/h5-6,9-11H,3-4,7-8H2,1-2H3,(H,18,19,20). The lowest BCUT2D eigenvalue weighted by Crippen LogP contribution is -2.28. The topological polar surface area (TPSA) is 76.6 Å². The fourth-order valence-corrected chi connectivity index (χ4v) is 2.67. The molecule has 1 amide bonds. The van der Waals surface area contributed by atoms with Gasteiger partial charge in [0, 0.05) is 25.2 Å². The van der Waals surface area contributed by atoms with Crippen LogP contribution in [0.25, 0.3) is 0 Å². The average Bonchev–Trinajstić information content (AvgIpc) is 3.16. The maximum atomic E-state index is 12.4. The summed E-state index contributed by atoms with van der Waals surface area (Å²) in [5.74, 6) is 1.82. The molecule has 7 nitrogen and oxygen atoms in total. The average molecular weight is 328 g/mol. The number of amides is 1. The number of methoxy groups -OCH3 is 2. The van der Waals surface area contributed by atoms with Crippen LogP contribution in [0.2, 0.25) is 0 Å². The Labute approximate surface area is 140 Å². The number of benzene rings is 1. The van der Waals surface area contributed by atoms with Crippen LogP contribution in [-0.2, 0) is 0 Å². The van der Waals surface area contributed by atoms with Crippen molar-refractivity contribution in [3.05, 3.63) is 36.3 Å². The monoisotopic (exact) mass is 328 g/mol. The number of hydrogen-bond donors (Lipinski definition) is 1. The van der Waals surface area contributed by atoms with Crippen LogP contribution in [-0.4, -0.2) is 48.1 Å². The van der Waals surface area contributed by atoms with Crippen LogP contribution in [0.5, 0.6) is 11.5 Å². The first-order valence-electron chi connectivity index (χ1n) is 7.81. The second kappa shape index (κ2) is 7.16. The van der Waals surface area contributed by atoms with Crippen molar-refractivity contribution in [1.29, 1.82) is 0 Å². The highest BCUT2D eigenvalue weighted by molar-refractivity contribution is 5.93. The van der Waals surface area contributed by atoms with Gasteiger partial charge < -0.3 is 19.7 Å². The van der Waals surface area contributed by atoms with E-state index in [1.807, 2.05) is 17.0 Å². The molecule has 0 unspecified atom stereocenters. The zero-order valence-corrected chi connectivity index (χ0v) is 13.8. The Balaban J connectivity index is 1.83. The molecule has 24 heavy (non-hydrogen) atoms. The van der Waals surface area contributed by atoms with Crippen LogP contribution in [0.15, 0.2) is 30.6 Å². The van der Waals surface area contributed by atoms with Crippen molar-refractivity contribution in [1.82, 2.24) is 14.9 Å². The van der Waals surface area contributed by atoms with Crippen LogP contribution < -0.4 is 14.8 Å². The Morgan fingerprint density at radius 2 is 1.92 bits per heavy atom. The summed E-state index contributed by atoms with van der Waals surface area (Å²) in [5.41, 5.74) is 1.09. The molecule has 1 aromatic carbocycles. The minimum absolute atomic E-state index is 0.0597. The molecule has 7 heteroatoms. The number of nitrogens with zero attached hydrogens (tertiary/aromatic N) is 3. The van der Waals surface area contributed by atoms with Gasteiger partial charge in [0.05, 0.1) is 19.9 Å². The number of nitrogens with one attached hydrogen (secondary N) is 1. The van der Waals surface area contributed by atoms with Gasteiger partial charge in [-0.3, -0.25) is 4.79 Å². The molecule has 1 saturated heterocycles. The molecular weight excluding hydrogens is 308 g/mol. The molecule has 1 aliphatic rings. The fourth-order valence-electron chi connectivity index (χ4n) is 2.67. The first-order valence-corrected chi connectivity index (χ1v) is 7.81. The second-order valence-electron chi connectivity index (χ2n) is 5.48.